The van der Waals surface area contributed by atoms with Crippen molar-refractivity contribution in [2.75, 3.05) is 6.26 Å². The van der Waals surface area contributed by atoms with E-state index >= 15 is 0 Å². The molecule has 0 aliphatic heterocycles. The smallest absolute Gasteiger partial charge is 0.344 e. The highest BCUT2D eigenvalue weighted by molar-refractivity contribution is 7.90. The number of nitrogens with one attached hydrogen (secondary N) is 1. The third-order valence-corrected chi connectivity index (χ3v) is 2.57. The second kappa shape index (κ2) is 3.46. The molecule has 0 unspecified atom stereocenters. The van der Waals surface area contributed by atoms with Gasteiger partial charge in [-0.15, -0.1) is 0 Å². The molecule has 0 aromatic carbocycles. The number of H-pyrrole nitrogens is 1. The molecule has 0 aliphatic rings. The lowest BCUT2D eigenvalue weighted by molar-refractivity contribution is 0.0689. The Morgan fingerprint density at radius 3 is 2.40 bits per heavy atom. The van der Waals surface area contributed by atoms with E-state index in [0.717, 1.165) is 6.26 Å². The normalized spacial score (nSPS) is 11.3. The molecule has 1 heterocycles. The van der Waals surface area contributed by atoms with Crippen LogP contribution in [0.25, 0.3) is 0 Å². The summed E-state index contributed by atoms with van der Waals surface area (Å²) < 4.78 is 22.4. The topological polar surface area (TPSA) is 117 Å². The SMILES string of the molecule is Cc1nc(S(C)(=O)=O)c(C(=O)O)c(=O)[nH]1. The van der Waals surface area contributed by atoms with Crippen molar-refractivity contribution in [3.63, 3.8) is 0 Å². The minimum atomic E-state index is -3.84. The molecule has 0 saturated heterocycles. The van der Waals surface area contributed by atoms with Gasteiger partial charge in [0.25, 0.3) is 5.56 Å². The van der Waals surface area contributed by atoms with E-state index in [1.54, 1.807) is 0 Å². The Morgan fingerprint density at radius 2 is 2.00 bits per heavy atom. The van der Waals surface area contributed by atoms with Gasteiger partial charge in [-0.1, -0.05) is 0 Å². The number of carboxylic acid groups (broad SMARTS) is 1. The molecule has 82 valence electrons. The van der Waals surface area contributed by atoms with Gasteiger partial charge in [-0.05, 0) is 6.92 Å². The van der Waals surface area contributed by atoms with Gasteiger partial charge in [0.2, 0.25) is 0 Å². The molecule has 0 atom stereocenters. The van der Waals surface area contributed by atoms with Crippen molar-refractivity contribution < 1.29 is 18.3 Å². The van der Waals surface area contributed by atoms with Crippen molar-refractivity contribution >= 4 is 15.8 Å². The van der Waals surface area contributed by atoms with E-state index in [2.05, 4.69) is 9.97 Å². The third-order valence-electron chi connectivity index (χ3n) is 1.57. The molecule has 7 nitrogen and oxygen atoms in total. The zero-order chi connectivity index (χ0) is 11.8. The molecule has 0 radical (unpaired) electrons. The first-order valence-corrected chi connectivity index (χ1v) is 5.67. The van der Waals surface area contributed by atoms with Gasteiger partial charge in [-0.3, -0.25) is 4.79 Å². The second-order valence-electron chi connectivity index (χ2n) is 2.91. The van der Waals surface area contributed by atoms with Gasteiger partial charge in [-0.25, -0.2) is 18.2 Å². The molecule has 1 aromatic heterocycles. The molecule has 0 amide bonds. The van der Waals surface area contributed by atoms with Crippen molar-refractivity contribution in [3.8, 4) is 0 Å². The molecule has 1 aromatic rings. The Morgan fingerprint density at radius 1 is 1.47 bits per heavy atom. The van der Waals surface area contributed by atoms with Gasteiger partial charge in [0.1, 0.15) is 5.82 Å². The number of carbonyl (C=O) groups is 1. The maximum atomic E-state index is 11.2. The fourth-order valence-electron chi connectivity index (χ4n) is 1.02. The fraction of sp³-hybridized carbons (Fsp3) is 0.286. The Hall–Kier alpha value is -1.70. The number of aromatic amines is 1. The first-order valence-electron chi connectivity index (χ1n) is 3.77. The van der Waals surface area contributed by atoms with E-state index in [9.17, 15) is 18.0 Å². The largest absolute Gasteiger partial charge is 0.477 e. The number of aryl methyl sites for hydroxylation is 1. The van der Waals surface area contributed by atoms with E-state index < -0.39 is 32.0 Å². The Labute approximate surface area is 84.7 Å². The lowest BCUT2D eigenvalue weighted by Crippen LogP contribution is -2.24. The maximum Gasteiger partial charge on any atom is 0.344 e. The molecule has 0 saturated carbocycles. The average molecular weight is 232 g/mol. The number of hydrogen-bond donors (Lipinski definition) is 2. The Bertz CT molecular complexity index is 572. The summed E-state index contributed by atoms with van der Waals surface area (Å²) in [5, 5.41) is 7.96. The average Bonchev–Trinajstić information content (AvgIpc) is 1.99. The highest BCUT2D eigenvalue weighted by Crippen LogP contribution is 2.08. The number of aromatic carboxylic acids is 1. The number of hydrogen-bond acceptors (Lipinski definition) is 5. The molecule has 2 N–H and O–H groups in total. The van der Waals surface area contributed by atoms with Crippen molar-refractivity contribution in [2.24, 2.45) is 0 Å². The van der Waals surface area contributed by atoms with Crippen LogP contribution in [0.3, 0.4) is 0 Å². The predicted molar refractivity (Wildman–Crippen MR) is 49.7 cm³/mol. The summed E-state index contributed by atoms with van der Waals surface area (Å²) in [5.74, 6) is -1.57. The van der Waals surface area contributed by atoms with Crippen LogP contribution in [0.2, 0.25) is 0 Å². The van der Waals surface area contributed by atoms with Gasteiger partial charge in [0.05, 0.1) is 0 Å². The number of carboxylic acids is 1. The van der Waals surface area contributed by atoms with Gasteiger partial charge >= 0.3 is 5.97 Å². The van der Waals surface area contributed by atoms with Crippen LogP contribution >= 0.6 is 0 Å². The number of aromatic nitrogens is 2. The number of nitrogens with zero attached hydrogens (tertiary/aromatic N) is 1. The molecule has 8 heteroatoms. The van der Waals surface area contributed by atoms with Crippen LogP contribution in [0.4, 0.5) is 0 Å². The molecule has 15 heavy (non-hydrogen) atoms. The molecule has 0 aliphatic carbocycles. The fourth-order valence-corrected chi connectivity index (χ4v) is 1.87. The van der Waals surface area contributed by atoms with Crippen molar-refractivity contribution in [2.45, 2.75) is 11.9 Å². The second-order valence-corrected chi connectivity index (χ2v) is 4.84. The van der Waals surface area contributed by atoms with Gasteiger partial charge < -0.3 is 10.1 Å². The summed E-state index contributed by atoms with van der Waals surface area (Å²) in [4.78, 5) is 27.5. The van der Waals surface area contributed by atoms with Gasteiger partial charge in [0, 0.05) is 6.26 Å². The first-order chi connectivity index (χ1) is 6.73. The molecular formula is C7H8N2O5S. The van der Waals surface area contributed by atoms with Crippen LogP contribution in [-0.4, -0.2) is 35.7 Å². The highest BCUT2D eigenvalue weighted by atomic mass is 32.2. The standard InChI is InChI=1S/C7H8N2O5S/c1-3-8-5(10)4(7(11)12)6(9-3)15(2,13)14/h1-2H3,(H,11,12)(H,8,9,10). The zero-order valence-electron chi connectivity index (χ0n) is 7.94. The minimum absolute atomic E-state index is 0.0467. The van der Waals surface area contributed by atoms with Crippen LogP contribution < -0.4 is 5.56 Å². The monoisotopic (exact) mass is 232 g/mol. The maximum absolute atomic E-state index is 11.2. The minimum Gasteiger partial charge on any atom is -0.477 e. The Kier molecular flexibility index (Phi) is 2.63. The predicted octanol–water partition coefficient (Wildman–Crippen LogP) is -0.820. The van der Waals surface area contributed by atoms with Gasteiger partial charge in [-0.2, -0.15) is 0 Å². The Balaban J connectivity index is 3.78. The van der Waals surface area contributed by atoms with Crippen molar-refractivity contribution in [1.82, 2.24) is 9.97 Å². The van der Waals surface area contributed by atoms with Crippen molar-refractivity contribution in [3.05, 3.63) is 21.7 Å². The molecule has 0 bridgehead atoms. The van der Waals surface area contributed by atoms with E-state index in [-0.39, 0.29) is 5.82 Å². The quantitative estimate of drug-likeness (QED) is 0.643. The summed E-state index contributed by atoms with van der Waals surface area (Å²) in [6.45, 7) is 1.36. The van der Waals surface area contributed by atoms with Crippen LogP contribution in [0.1, 0.15) is 16.2 Å². The summed E-state index contributed by atoms with van der Waals surface area (Å²) in [6.07, 6.45) is 0.792. The van der Waals surface area contributed by atoms with Crippen LogP contribution in [0.5, 0.6) is 0 Å². The number of sulfone groups is 1. The van der Waals surface area contributed by atoms with E-state index in [0.29, 0.717) is 0 Å². The van der Waals surface area contributed by atoms with Crippen LogP contribution in [0.15, 0.2) is 9.82 Å². The van der Waals surface area contributed by atoms with E-state index in [4.69, 9.17) is 5.11 Å². The zero-order valence-corrected chi connectivity index (χ0v) is 8.75. The summed E-state index contributed by atoms with van der Waals surface area (Å²) in [5.41, 5.74) is -1.83. The molecule has 0 spiro atoms. The molecular weight excluding hydrogens is 224 g/mol. The van der Waals surface area contributed by atoms with E-state index in [1.807, 2.05) is 0 Å². The summed E-state index contributed by atoms with van der Waals surface area (Å²) >= 11 is 0. The van der Waals surface area contributed by atoms with Crippen LogP contribution in [0, 0.1) is 6.92 Å². The first kappa shape index (κ1) is 11.4. The van der Waals surface area contributed by atoms with Crippen LogP contribution in [-0.2, 0) is 9.84 Å². The third kappa shape index (κ3) is 2.21. The molecule has 0 fully saturated rings. The summed E-state index contributed by atoms with van der Waals surface area (Å²) in [6, 6.07) is 0. The number of rotatable bonds is 2. The van der Waals surface area contributed by atoms with Crippen molar-refractivity contribution in [1.29, 1.82) is 0 Å². The van der Waals surface area contributed by atoms with E-state index in [1.165, 1.54) is 6.92 Å². The lowest BCUT2D eigenvalue weighted by Gasteiger charge is -2.02. The van der Waals surface area contributed by atoms with Gasteiger partial charge in [0.15, 0.2) is 20.4 Å². The summed E-state index contributed by atoms with van der Waals surface area (Å²) in [7, 11) is -3.84. The lowest BCUT2D eigenvalue weighted by atomic mass is 10.3. The highest BCUT2D eigenvalue weighted by Gasteiger charge is 2.24. The molecule has 1 rings (SSSR count).